The van der Waals surface area contributed by atoms with Gasteiger partial charge in [0.25, 0.3) is 0 Å². The number of hydrogen-bond donors (Lipinski definition) is 0. The number of morpholine rings is 1. The van der Waals surface area contributed by atoms with E-state index in [9.17, 15) is 0 Å². The molecule has 6 heteroatoms. The first-order valence-electron chi connectivity index (χ1n) is 11.4. The maximum atomic E-state index is 6.06. The zero-order valence-electron chi connectivity index (χ0n) is 18.3. The zero-order valence-corrected chi connectivity index (χ0v) is 19.1. The Kier molecular flexibility index (Phi) is 8.09. The lowest BCUT2D eigenvalue weighted by Crippen LogP contribution is -2.52. The Bertz CT molecular complexity index is 809. The summed E-state index contributed by atoms with van der Waals surface area (Å²) in [5.74, 6) is 1.59. The highest BCUT2D eigenvalue weighted by atomic mass is 35.5. The summed E-state index contributed by atoms with van der Waals surface area (Å²) in [5, 5.41) is 0.801. The fourth-order valence-electron chi connectivity index (χ4n) is 4.49. The first-order valence-corrected chi connectivity index (χ1v) is 11.8. The molecule has 2 aromatic rings. The highest BCUT2D eigenvalue weighted by Crippen LogP contribution is 2.27. The Morgan fingerprint density at radius 1 is 0.968 bits per heavy atom. The van der Waals surface area contributed by atoms with Crippen LogP contribution in [0.3, 0.4) is 0 Å². The average molecular weight is 445 g/mol. The average Bonchev–Trinajstić information content (AvgIpc) is 2.81. The maximum Gasteiger partial charge on any atom is 0.161 e. The smallest absolute Gasteiger partial charge is 0.161 e. The minimum atomic E-state index is 0.0931. The van der Waals surface area contributed by atoms with Crippen LogP contribution in [0.2, 0.25) is 5.02 Å². The number of likely N-dealkylation sites (tertiary alicyclic amines) is 1. The van der Waals surface area contributed by atoms with Gasteiger partial charge in [0.2, 0.25) is 0 Å². The van der Waals surface area contributed by atoms with Crippen molar-refractivity contribution in [3.8, 4) is 11.5 Å². The molecule has 2 aliphatic heterocycles. The van der Waals surface area contributed by atoms with Crippen molar-refractivity contribution in [1.29, 1.82) is 0 Å². The van der Waals surface area contributed by atoms with E-state index in [1.54, 1.807) is 0 Å². The highest BCUT2D eigenvalue weighted by molar-refractivity contribution is 6.30. The first kappa shape index (κ1) is 22.4. The molecule has 31 heavy (non-hydrogen) atoms. The highest BCUT2D eigenvalue weighted by Gasteiger charge is 2.29. The third-order valence-electron chi connectivity index (χ3n) is 6.14. The Morgan fingerprint density at radius 3 is 2.39 bits per heavy atom. The number of piperidine rings is 1. The molecule has 0 spiro atoms. The summed E-state index contributed by atoms with van der Waals surface area (Å²) < 4.78 is 17.7. The summed E-state index contributed by atoms with van der Waals surface area (Å²) in [6, 6.07) is 16.7. The van der Waals surface area contributed by atoms with Crippen LogP contribution < -0.4 is 9.47 Å². The molecule has 0 aliphatic carbocycles. The van der Waals surface area contributed by atoms with E-state index in [-0.39, 0.29) is 6.10 Å². The molecule has 0 amide bonds. The number of nitrogens with zero attached hydrogens (tertiary/aromatic N) is 2. The molecule has 0 N–H and O–H groups in total. The number of halogens is 1. The second-order valence-corrected chi connectivity index (χ2v) is 8.75. The van der Waals surface area contributed by atoms with Gasteiger partial charge in [-0.1, -0.05) is 35.9 Å². The van der Waals surface area contributed by atoms with Gasteiger partial charge in [-0.3, -0.25) is 9.80 Å². The Balaban J connectivity index is 1.23. The zero-order chi connectivity index (χ0) is 21.5. The molecule has 2 fully saturated rings. The monoisotopic (exact) mass is 444 g/mol. The minimum Gasteiger partial charge on any atom is -0.490 e. The second kappa shape index (κ2) is 11.2. The van der Waals surface area contributed by atoms with Gasteiger partial charge in [0, 0.05) is 30.7 Å². The van der Waals surface area contributed by atoms with E-state index in [1.807, 2.05) is 43.3 Å². The van der Waals surface area contributed by atoms with Crippen molar-refractivity contribution in [2.45, 2.75) is 38.5 Å². The lowest BCUT2D eigenvalue weighted by Gasteiger charge is -2.42. The number of hydrogen-bond acceptors (Lipinski definition) is 5. The lowest BCUT2D eigenvalue weighted by molar-refractivity contribution is -0.0676. The quantitative estimate of drug-likeness (QED) is 0.599. The third kappa shape index (κ3) is 6.36. The van der Waals surface area contributed by atoms with Gasteiger partial charge in [0.1, 0.15) is 12.7 Å². The predicted octanol–water partition coefficient (Wildman–Crippen LogP) is 4.48. The standard InChI is InChI=1S/C25H33ClN2O3/c1-2-29-24-5-3-4-6-25(24)31-19-23-18-28(15-16-30-23)22-11-13-27(14-12-22)17-20-7-9-21(26)10-8-20/h3-10,22-23H,2,11-19H2,1H3. The van der Waals surface area contributed by atoms with Crippen LogP contribution in [0.4, 0.5) is 0 Å². The lowest BCUT2D eigenvalue weighted by atomic mass is 10.0. The van der Waals surface area contributed by atoms with Crippen molar-refractivity contribution in [3.05, 3.63) is 59.1 Å². The molecule has 0 bridgehead atoms. The number of benzene rings is 2. The van der Waals surface area contributed by atoms with Crippen molar-refractivity contribution < 1.29 is 14.2 Å². The van der Waals surface area contributed by atoms with E-state index < -0.39 is 0 Å². The Labute approximate surface area is 190 Å². The molecule has 1 unspecified atom stereocenters. The van der Waals surface area contributed by atoms with Crippen molar-refractivity contribution in [2.24, 2.45) is 0 Å². The van der Waals surface area contributed by atoms with Crippen LogP contribution in [0.5, 0.6) is 11.5 Å². The van der Waals surface area contributed by atoms with Gasteiger partial charge in [-0.15, -0.1) is 0 Å². The molecule has 5 nitrogen and oxygen atoms in total. The SMILES string of the molecule is CCOc1ccccc1OCC1CN(C2CCN(Cc3ccc(Cl)cc3)CC2)CCO1. The molecule has 1 atom stereocenters. The van der Waals surface area contributed by atoms with Crippen LogP contribution in [0.1, 0.15) is 25.3 Å². The van der Waals surface area contributed by atoms with Crippen LogP contribution >= 0.6 is 11.6 Å². The summed E-state index contributed by atoms with van der Waals surface area (Å²) in [4.78, 5) is 5.15. The van der Waals surface area contributed by atoms with E-state index in [2.05, 4.69) is 21.9 Å². The first-order chi connectivity index (χ1) is 15.2. The fraction of sp³-hybridized carbons (Fsp3) is 0.520. The molecule has 4 rings (SSSR count). The van der Waals surface area contributed by atoms with Gasteiger partial charge in [-0.25, -0.2) is 0 Å². The molecule has 2 saturated heterocycles. The normalized spacial score (nSPS) is 21.2. The molecular weight excluding hydrogens is 412 g/mol. The van der Waals surface area contributed by atoms with E-state index >= 15 is 0 Å². The summed E-state index contributed by atoms with van der Waals surface area (Å²) in [5.41, 5.74) is 1.33. The summed E-state index contributed by atoms with van der Waals surface area (Å²) >= 11 is 6.01. The third-order valence-corrected chi connectivity index (χ3v) is 6.39. The molecule has 2 aliphatic rings. The fourth-order valence-corrected chi connectivity index (χ4v) is 4.62. The molecule has 0 radical (unpaired) electrons. The van der Waals surface area contributed by atoms with Crippen LogP contribution in [0.15, 0.2) is 48.5 Å². The molecule has 2 aromatic carbocycles. The van der Waals surface area contributed by atoms with E-state index in [0.717, 1.165) is 55.9 Å². The van der Waals surface area contributed by atoms with E-state index in [1.165, 1.54) is 18.4 Å². The van der Waals surface area contributed by atoms with Crippen LogP contribution in [0, 0.1) is 0 Å². The van der Waals surface area contributed by atoms with Gasteiger partial charge >= 0.3 is 0 Å². The van der Waals surface area contributed by atoms with Gasteiger partial charge in [0.15, 0.2) is 11.5 Å². The Hall–Kier alpha value is -1.79. The topological polar surface area (TPSA) is 34.2 Å². The van der Waals surface area contributed by atoms with E-state index in [4.69, 9.17) is 25.8 Å². The molecule has 0 saturated carbocycles. The van der Waals surface area contributed by atoms with Gasteiger partial charge < -0.3 is 14.2 Å². The summed E-state index contributed by atoms with van der Waals surface area (Å²) in [6.45, 7) is 9.14. The van der Waals surface area contributed by atoms with Gasteiger partial charge in [0.05, 0.1) is 13.2 Å². The number of rotatable bonds is 8. The number of para-hydroxylation sites is 2. The summed E-state index contributed by atoms with van der Waals surface area (Å²) in [7, 11) is 0. The van der Waals surface area contributed by atoms with Crippen LogP contribution in [0.25, 0.3) is 0 Å². The number of ether oxygens (including phenoxy) is 3. The second-order valence-electron chi connectivity index (χ2n) is 8.31. The van der Waals surface area contributed by atoms with Crippen molar-refractivity contribution in [3.63, 3.8) is 0 Å². The van der Waals surface area contributed by atoms with Crippen LogP contribution in [-0.2, 0) is 11.3 Å². The molecule has 168 valence electrons. The van der Waals surface area contributed by atoms with Crippen molar-refractivity contribution in [1.82, 2.24) is 9.80 Å². The van der Waals surface area contributed by atoms with Gasteiger partial charge in [-0.05, 0) is 62.7 Å². The van der Waals surface area contributed by atoms with Crippen molar-refractivity contribution in [2.75, 3.05) is 46.0 Å². The summed E-state index contributed by atoms with van der Waals surface area (Å²) in [6.07, 6.45) is 2.50. The molecular formula is C25H33ClN2O3. The van der Waals surface area contributed by atoms with Crippen molar-refractivity contribution >= 4 is 11.6 Å². The largest absolute Gasteiger partial charge is 0.490 e. The molecule has 2 heterocycles. The maximum absolute atomic E-state index is 6.06. The molecule has 0 aromatic heterocycles. The van der Waals surface area contributed by atoms with Gasteiger partial charge in [-0.2, -0.15) is 0 Å². The van der Waals surface area contributed by atoms with E-state index in [0.29, 0.717) is 19.3 Å². The predicted molar refractivity (Wildman–Crippen MR) is 124 cm³/mol. The Morgan fingerprint density at radius 2 is 1.68 bits per heavy atom. The minimum absolute atomic E-state index is 0.0931. The van der Waals surface area contributed by atoms with Crippen LogP contribution in [-0.4, -0.2) is 67.9 Å².